The molecule has 0 radical (unpaired) electrons. The topological polar surface area (TPSA) is 26.7 Å². The van der Waals surface area contributed by atoms with Crippen LogP contribution in [-0.4, -0.2) is 60.3 Å². The van der Waals surface area contributed by atoms with E-state index in [2.05, 4.69) is 69.2 Å². The molecule has 0 aromatic heterocycles. The van der Waals surface area contributed by atoms with E-state index >= 15 is 0 Å². The molecule has 20 heavy (non-hydrogen) atoms. The molecule has 3 rings (SSSR count). The van der Waals surface area contributed by atoms with Crippen LogP contribution in [0.2, 0.25) is 0 Å². The summed E-state index contributed by atoms with van der Waals surface area (Å²) in [5, 5.41) is 9.75. The van der Waals surface area contributed by atoms with Crippen LogP contribution in [0.3, 0.4) is 0 Å². The van der Waals surface area contributed by atoms with Gasteiger partial charge in [0.1, 0.15) is 0 Å². The molecule has 1 fully saturated rings. The molecule has 0 spiro atoms. The summed E-state index contributed by atoms with van der Waals surface area (Å²) in [5.74, 6) is 0.432. The van der Waals surface area contributed by atoms with Crippen molar-refractivity contribution >= 4 is 15.9 Å². The zero-order valence-corrected chi connectivity index (χ0v) is 13.3. The first-order valence-electron chi connectivity index (χ1n) is 7.16. The Morgan fingerprint density at radius 2 is 1.90 bits per heavy atom. The van der Waals surface area contributed by atoms with Gasteiger partial charge in [-0.15, -0.1) is 0 Å². The minimum absolute atomic E-state index is 0.231. The lowest BCUT2D eigenvalue weighted by Crippen LogP contribution is -2.66. The van der Waals surface area contributed by atoms with Crippen molar-refractivity contribution in [3.05, 3.63) is 46.5 Å². The van der Waals surface area contributed by atoms with Crippen molar-refractivity contribution in [3.63, 3.8) is 0 Å². The molecule has 1 aromatic carbocycles. The van der Waals surface area contributed by atoms with Gasteiger partial charge in [-0.1, -0.05) is 40.2 Å². The minimum atomic E-state index is 0.231. The lowest BCUT2D eigenvalue weighted by molar-refractivity contribution is -0.0466. The summed E-state index contributed by atoms with van der Waals surface area (Å²) >= 11 is 3.49. The van der Waals surface area contributed by atoms with Gasteiger partial charge in [0.15, 0.2) is 0 Å². The van der Waals surface area contributed by atoms with Crippen molar-refractivity contribution in [1.29, 1.82) is 0 Å². The Kier molecular flexibility index (Phi) is 4.26. The van der Waals surface area contributed by atoms with E-state index in [0.29, 0.717) is 12.0 Å². The van der Waals surface area contributed by atoms with Crippen molar-refractivity contribution in [2.75, 3.05) is 33.3 Å². The summed E-state index contributed by atoms with van der Waals surface area (Å²) in [6.07, 6.45) is 4.45. The normalized spacial score (nSPS) is 32.9. The Hall–Kier alpha value is -0.680. The van der Waals surface area contributed by atoms with E-state index in [4.69, 9.17) is 0 Å². The highest BCUT2D eigenvalue weighted by atomic mass is 79.9. The molecule has 3 nitrogen and oxygen atoms in total. The maximum absolute atomic E-state index is 9.75. The fourth-order valence-electron chi connectivity index (χ4n) is 3.50. The molecule has 108 valence electrons. The second kappa shape index (κ2) is 5.98. The predicted molar refractivity (Wildman–Crippen MR) is 84.9 cm³/mol. The number of halogens is 1. The number of hydrogen-bond acceptors (Lipinski definition) is 3. The minimum Gasteiger partial charge on any atom is -0.395 e. The third-order valence-corrected chi connectivity index (χ3v) is 5.05. The van der Waals surface area contributed by atoms with Crippen LogP contribution in [0.5, 0.6) is 0 Å². The molecule has 1 aromatic rings. The van der Waals surface area contributed by atoms with Crippen molar-refractivity contribution in [3.8, 4) is 0 Å². The Balaban J connectivity index is 1.86. The van der Waals surface area contributed by atoms with Gasteiger partial charge in [-0.3, -0.25) is 4.90 Å². The number of aliphatic hydroxyl groups excluding tert-OH is 1. The predicted octanol–water partition coefficient (Wildman–Crippen LogP) is 2.08. The fourth-order valence-corrected chi connectivity index (χ4v) is 3.76. The summed E-state index contributed by atoms with van der Waals surface area (Å²) in [6.45, 7) is 3.26. The lowest BCUT2D eigenvalue weighted by atomic mass is 9.74. The van der Waals surface area contributed by atoms with Gasteiger partial charge in [0, 0.05) is 42.1 Å². The smallest absolute Gasteiger partial charge is 0.0593 e. The zero-order valence-electron chi connectivity index (χ0n) is 11.7. The number of likely N-dealkylation sites (N-methyl/N-ethyl adjacent to an activating group) is 1. The number of rotatable bonds is 2. The number of hydrogen-bond donors (Lipinski definition) is 1. The van der Waals surface area contributed by atoms with Gasteiger partial charge in [-0.25, -0.2) is 0 Å². The zero-order chi connectivity index (χ0) is 14.1. The maximum atomic E-state index is 9.75. The van der Waals surface area contributed by atoms with Gasteiger partial charge >= 0.3 is 0 Å². The maximum Gasteiger partial charge on any atom is 0.0593 e. The third-order valence-electron chi connectivity index (χ3n) is 4.52. The third kappa shape index (κ3) is 2.58. The number of benzene rings is 1. The van der Waals surface area contributed by atoms with E-state index < -0.39 is 0 Å². The Labute approximate surface area is 129 Å². The molecule has 0 amide bonds. The van der Waals surface area contributed by atoms with Crippen LogP contribution in [0, 0.1) is 0 Å². The largest absolute Gasteiger partial charge is 0.395 e. The van der Waals surface area contributed by atoms with Crippen LogP contribution >= 0.6 is 15.9 Å². The molecule has 1 N–H and O–H groups in total. The van der Waals surface area contributed by atoms with Crippen molar-refractivity contribution < 1.29 is 5.11 Å². The Morgan fingerprint density at radius 3 is 2.60 bits per heavy atom. The number of aliphatic hydroxyl groups is 1. The highest BCUT2D eigenvalue weighted by Gasteiger charge is 2.48. The van der Waals surface area contributed by atoms with Crippen molar-refractivity contribution in [2.24, 2.45) is 0 Å². The standard InChI is InChI=1S/C16H21BrN2O/c1-18-8-2-3-9-19-14(10-18)16(15(19)11-20)12-4-6-13(17)7-5-12/h2-7,14-16,20H,8-11H2,1H3/b3-2-/t14-,15+,16+/m0/s1. The van der Waals surface area contributed by atoms with E-state index in [9.17, 15) is 5.11 Å². The van der Waals surface area contributed by atoms with E-state index in [1.54, 1.807) is 0 Å². The molecule has 0 aliphatic carbocycles. The molecule has 0 bridgehead atoms. The Bertz CT molecular complexity index is 488. The van der Waals surface area contributed by atoms with Crippen LogP contribution in [0.25, 0.3) is 0 Å². The van der Waals surface area contributed by atoms with Crippen molar-refractivity contribution in [1.82, 2.24) is 9.80 Å². The highest BCUT2D eigenvalue weighted by molar-refractivity contribution is 9.10. The van der Waals surface area contributed by atoms with Gasteiger partial charge < -0.3 is 10.0 Å². The molecule has 2 aliphatic rings. The van der Waals surface area contributed by atoms with Crippen LogP contribution in [0.15, 0.2) is 40.9 Å². The summed E-state index contributed by atoms with van der Waals surface area (Å²) in [7, 11) is 2.17. The SMILES string of the molecule is CN1C/C=C\CN2[C@H](CO)[C@H](c3ccc(Br)cc3)[C@@H]2C1. The number of nitrogens with zero attached hydrogens (tertiary/aromatic N) is 2. The van der Waals surface area contributed by atoms with Crippen molar-refractivity contribution in [2.45, 2.75) is 18.0 Å². The molecule has 2 heterocycles. The highest BCUT2D eigenvalue weighted by Crippen LogP contribution is 2.41. The summed E-state index contributed by atoms with van der Waals surface area (Å²) < 4.78 is 1.11. The summed E-state index contributed by atoms with van der Waals surface area (Å²) in [6, 6.07) is 9.31. The van der Waals surface area contributed by atoms with E-state index in [1.165, 1.54) is 5.56 Å². The number of fused-ring (bicyclic) bond motifs is 1. The molecular formula is C16H21BrN2O. The van der Waals surface area contributed by atoms with E-state index in [1.807, 2.05) is 0 Å². The quantitative estimate of drug-likeness (QED) is 0.837. The molecule has 4 heteroatoms. The molecule has 0 unspecified atom stereocenters. The van der Waals surface area contributed by atoms with Gasteiger partial charge in [-0.05, 0) is 24.7 Å². The van der Waals surface area contributed by atoms with Gasteiger partial charge in [-0.2, -0.15) is 0 Å². The van der Waals surface area contributed by atoms with Crippen LogP contribution in [-0.2, 0) is 0 Å². The first-order chi connectivity index (χ1) is 9.70. The average Bonchev–Trinajstić information content (AvgIpc) is 2.42. The van der Waals surface area contributed by atoms with Crippen LogP contribution < -0.4 is 0 Å². The molecule has 0 saturated carbocycles. The Morgan fingerprint density at radius 1 is 1.20 bits per heavy atom. The first kappa shape index (κ1) is 14.3. The monoisotopic (exact) mass is 336 g/mol. The first-order valence-corrected chi connectivity index (χ1v) is 7.95. The van der Waals surface area contributed by atoms with Gasteiger partial charge in [0.05, 0.1) is 6.61 Å². The lowest BCUT2D eigenvalue weighted by Gasteiger charge is -2.56. The molecule has 2 aliphatic heterocycles. The molecule has 3 atom stereocenters. The van der Waals surface area contributed by atoms with Gasteiger partial charge in [0.25, 0.3) is 0 Å². The van der Waals surface area contributed by atoms with Crippen LogP contribution in [0.4, 0.5) is 0 Å². The summed E-state index contributed by atoms with van der Waals surface area (Å²) in [4.78, 5) is 4.78. The van der Waals surface area contributed by atoms with Gasteiger partial charge in [0.2, 0.25) is 0 Å². The van der Waals surface area contributed by atoms with Crippen LogP contribution in [0.1, 0.15) is 11.5 Å². The summed E-state index contributed by atoms with van der Waals surface area (Å²) in [5.41, 5.74) is 1.34. The van der Waals surface area contributed by atoms with E-state index in [-0.39, 0.29) is 12.6 Å². The van der Waals surface area contributed by atoms with E-state index in [0.717, 1.165) is 24.1 Å². The second-order valence-corrected chi connectivity index (χ2v) is 6.70. The molecule has 1 saturated heterocycles. The average molecular weight is 337 g/mol. The second-order valence-electron chi connectivity index (χ2n) is 5.78. The fraction of sp³-hybridized carbons (Fsp3) is 0.500. The molecular weight excluding hydrogens is 316 g/mol.